The molecule has 1 amide bonds. The molecule has 0 spiro atoms. The van der Waals surface area contributed by atoms with Crippen molar-refractivity contribution in [1.82, 2.24) is 9.97 Å². The van der Waals surface area contributed by atoms with Crippen LogP contribution in [0.25, 0.3) is 0 Å². The molecule has 26 heavy (non-hydrogen) atoms. The average Bonchev–Trinajstić information content (AvgIpc) is 2.59. The van der Waals surface area contributed by atoms with Crippen molar-refractivity contribution >= 4 is 11.6 Å². The van der Waals surface area contributed by atoms with E-state index in [1.54, 1.807) is 19.1 Å². The highest BCUT2D eigenvalue weighted by atomic mass is 16.5. The Balaban J connectivity index is 1.94. The van der Waals surface area contributed by atoms with Crippen molar-refractivity contribution in [3.8, 4) is 11.6 Å². The summed E-state index contributed by atoms with van der Waals surface area (Å²) >= 11 is 0. The summed E-state index contributed by atoms with van der Waals surface area (Å²) in [5, 5.41) is 2.75. The second kappa shape index (κ2) is 6.15. The van der Waals surface area contributed by atoms with E-state index in [1.165, 1.54) is 6.92 Å². The second-order valence-electron chi connectivity index (χ2n) is 6.25. The van der Waals surface area contributed by atoms with E-state index in [0.717, 1.165) is 11.1 Å². The zero-order valence-corrected chi connectivity index (χ0v) is 14.4. The second-order valence-corrected chi connectivity index (χ2v) is 6.25. The fourth-order valence-corrected chi connectivity index (χ4v) is 3.30. The molecule has 6 nitrogen and oxygen atoms in total. The van der Waals surface area contributed by atoms with E-state index in [0.29, 0.717) is 28.7 Å². The fourth-order valence-electron chi connectivity index (χ4n) is 3.30. The molecule has 2 heterocycles. The number of anilines is 1. The van der Waals surface area contributed by atoms with E-state index in [4.69, 9.17) is 4.74 Å². The quantitative estimate of drug-likeness (QED) is 0.582. The van der Waals surface area contributed by atoms with Crippen LogP contribution in [0, 0.1) is 6.92 Å². The molecule has 0 bridgehead atoms. The Morgan fingerprint density at radius 2 is 1.96 bits per heavy atom. The van der Waals surface area contributed by atoms with Crippen LogP contribution in [0.5, 0.6) is 11.6 Å². The Morgan fingerprint density at radius 3 is 2.69 bits per heavy atom. The van der Waals surface area contributed by atoms with E-state index in [-0.39, 0.29) is 17.4 Å². The standard InChI is InChI=1S/C20H17N3O3/c1-11-21-19(25)18-17(13-6-4-3-5-7-13)15-9-8-14(23-12(2)24)10-16(15)26-20(18)22-11/h3-10,17H,1-2H3,(H,23,24)(H,21,22,25). The third-order valence-electron chi connectivity index (χ3n) is 4.31. The molecule has 0 saturated carbocycles. The Kier molecular flexibility index (Phi) is 3.80. The van der Waals surface area contributed by atoms with Gasteiger partial charge < -0.3 is 15.0 Å². The highest BCUT2D eigenvalue weighted by molar-refractivity contribution is 5.89. The van der Waals surface area contributed by atoms with Gasteiger partial charge in [0.15, 0.2) is 0 Å². The number of H-pyrrole nitrogens is 1. The Bertz CT molecular complexity index is 1060. The van der Waals surface area contributed by atoms with Crippen molar-refractivity contribution in [3.63, 3.8) is 0 Å². The maximum atomic E-state index is 12.7. The third-order valence-corrected chi connectivity index (χ3v) is 4.31. The van der Waals surface area contributed by atoms with Gasteiger partial charge in [0, 0.05) is 30.2 Å². The number of hydrogen-bond acceptors (Lipinski definition) is 4. The minimum atomic E-state index is -0.293. The summed E-state index contributed by atoms with van der Waals surface area (Å²) in [6, 6.07) is 15.2. The molecule has 0 aliphatic carbocycles. The SMILES string of the molecule is CC(=O)Nc1ccc2c(c1)Oc1nc(C)[nH]c(=O)c1C2c1ccccc1. The molecular weight excluding hydrogens is 330 g/mol. The summed E-state index contributed by atoms with van der Waals surface area (Å²) in [7, 11) is 0. The van der Waals surface area contributed by atoms with Crippen LogP contribution in [-0.2, 0) is 4.79 Å². The number of benzene rings is 2. The number of rotatable bonds is 2. The molecule has 6 heteroatoms. The molecule has 1 unspecified atom stereocenters. The summed E-state index contributed by atoms with van der Waals surface area (Å²) in [5.41, 5.74) is 2.74. The molecule has 1 aromatic heterocycles. The first-order valence-corrected chi connectivity index (χ1v) is 8.28. The summed E-state index contributed by atoms with van der Waals surface area (Å²) < 4.78 is 5.93. The third kappa shape index (κ3) is 2.75. The molecule has 1 aliphatic rings. The van der Waals surface area contributed by atoms with Gasteiger partial charge in [-0.1, -0.05) is 36.4 Å². The number of aromatic nitrogens is 2. The van der Waals surface area contributed by atoms with Gasteiger partial charge >= 0.3 is 0 Å². The van der Waals surface area contributed by atoms with Gasteiger partial charge in [-0.15, -0.1) is 0 Å². The zero-order chi connectivity index (χ0) is 18.3. The van der Waals surface area contributed by atoms with E-state index >= 15 is 0 Å². The van der Waals surface area contributed by atoms with Gasteiger partial charge in [0.25, 0.3) is 5.56 Å². The minimum Gasteiger partial charge on any atom is -0.438 e. The van der Waals surface area contributed by atoms with Gasteiger partial charge in [-0.3, -0.25) is 9.59 Å². The van der Waals surface area contributed by atoms with Gasteiger partial charge in [-0.2, -0.15) is 4.98 Å². The van der Waals surface area contributed by atoms with Crippen molar-refractivity contribution in [2.24, 2.45) is 0 Å². The lowest BCUT2D eigenvalue weighted by Gasteiger charge is -2.27. The largest absolute Gasteiger partial charge is 0.438 e. The number of amides is 1. The van der Waals surface area contributed by atoms with Crippen LogP contribution in [0.15, 0.2) is 53.3 Å². The molecule has 2 N–H and O–H groups in total. The molecule has 0 saturated heterocycles. The number of ether oxygens (including phenoxy) is 1. The van der Waals surface area contributed by atoms with Gasteiger partial charge in [0.05, 0.1) is 5.56 Å². The number of aromatic amines is 1. The van der Waals surface area contributed by atoms with Crippen LogP contribution in [0.4, 0.5) is 5.69 Å². The average molecular weight is 347 g/mol. The Hall–Kier alpha value is -3.41. The smallest absolute Gasteiger partial charge is 0.258 e. The van der Waals surface area contributed by atoms with Crippen molar-refractivity contribution in [3.05, 3.63) is 81.4 Å². The van der Waals surface area contributed by atoms with Crippen LogP contribution in [0.3, 0.4) is 0 Å². The van der Waals surface area contributed by atoms with Crippen molar-refractivity contribution in [2.75, 3.05) is 5.32 Å². The first-order valence-electron chi connectivity index (χ1n) is 8.28. The number of fused-ring (bicyclic) bond motifs is 2. The van der Waals surface area contributed by atoms with Gasteiger partial charge in [0.2, 0.25) is 11.8 Å². The van der Waals surface area contributed by atoms with E-state index in [1.807, 2.05) is 36.4 Å². The van der Waals surface area contributed by atoms with E-state index in [9.17, 15) is 9.59 Å². The molecular formula is C20H17N3O3. The lowest BCUT2D eigenvalue weighted by molar-refractivity contribution is -0.114. The molecule has 4 rings (SSSR count). The number of nitrogens with one attached hydrogen (secondary N) is 2. The predicted molar refractivity (Wildman–Crippen MR) is 97.8 cm³/mol. The predicted octanol–water partition coefficient (Wildman–Crippen LogP) is 3.32. The maximum Gasteiger partial charge on any atom is 0.258 e. The normalized spacial score (nSPS) is 14.8. The van der Waals surface area contributed by atoms with Gasteiger partial charge in [-0.05, 0) is 18.6 Å². The molecule has 1 atom stereocenters. The highest BCUT2D eigenvalue weighted by Gasteiger charge is 2.32. The van der Waals surface area contributed by atoms with Crippen molar-refractivity contribution in [2.45, 2.75) is 19.8 Å². The van der Waals surface area contributed by atoms with Crippen molar-refractivity contribution in [1.29, 1.82) is 0 Å². The monoisotopic (exact) mass is 347 g/mol. The number of carbonyl (C=O) groups excluding carboxylic acids is 1. The lowest BCUT2D eigenvalue weighted by atomic mass is 9.84. The van der Waals surface area contributed by atoms with Gasteiger partial charge in [0.1, 0.15) is 11.6 Å². The van der Waals surface area contributed by atoms with Crippen LogP contribution >= 0.6 is 0 Å². The number of hydrogen-bond donors (Lipinski definition) is 2. The Labute approximate surface area is 149 Å². The lowest BCUT2D eigenvalue weighted by Crippen LogP contribution is -2.24. The van der Waals surface area contributed by atoms with Crippen LogP contribution in [-0.4, -0.2) is 15.9 Å². The zero-order valence-electron chi connectivity index (χ0n) is 14.4. The first kappa shape index (κ1) is 16.1. The highest BCUT2D eigenvalue weighted by Crippen LogP contribution is 2.45. The topological polar surface area (TPSA) is 84.1 Å². The van der Waals surface area contributed by atoms with Crippen molar-refractivity contribution < 1.29 is 9.53 Å². The van der Waals surface area contributed by atoms with Gasteiger partial charge in [-0.25, -0.2) is 0 Å². The molecule has 2 aromatic carbocycles. The fraction of sp³-hybridized carbons (Fsp3) is 0.150. The summed E-state index contributed by atoms with van der Waals surface area (Å²) in [6.07, 6.45) is 0. The summed E-state index contributed by atoms with van der Waals surface area (Å²) in [6.45, 7) is 3.17. The minimum absolute atomic E-state index is 0.161. The summed E-state index contributed by atoms with van der Waals surface area (Å²) in [4.78, 5) is 31.1. The number of carbonyl (C=O) groups is 1. The number of aryl methyl sites for hydroxylation is 1. The summed E-state index contributed by atoms with van der Waals surface area (Å²) in [5.74, 6) is 0.911. The number of nitrogens with zero attached hydrogens (tertiary/aromatic N) is 1. The van der Waals surface area contributed by atoms with E-state index < -0.39 is 0 Å². The molecule has 0 radical (unpaired) electrons. The van der Waals surface area contributed by atoms with Crippen LogP contribution in [0.2, 0.25) is 0 Å². The maximum absolute atomic E-state index is 12.7. The molecule has 0 fully saturated rings. The molecule has 1 aliphatic heterocycles. The molecule has 130 valence electrons. The molecule has 3 aromatic rings. The first-order chi connectivity index (χ1) is 12.5. The van der Waals surface area contributed by atoms with E-state index in [2.05, 4.69) is 15.3 Å². The van der Waals surface area contributed by atoms with Crippen LogP contribution < -0.4 is 15.6 Å². The Morgan fingerprint density at radius 1 is 1.19 bits per heavy atom. The van der Waals surface area contributed by atoms with Crippen LogP contribution in [0.1, 0.15) is 35.4 Å².